The molecule has 0 radical (unpaired) electrons. The molecule has 182 valence electrons. The van der Waals surface area contributed by atoms with Gasteiger partial charge in [0.1, 0.15) is 0 Å². The molecule has 1 N–H and O–H groups in total. The molecule has 10 heteroatoms. The Morgan fingerprint density at radius 3 is 2.21 bits per heavy atom. The Hall–Kier alpha value is -3.01. The summed E-state index contributed by atoms with van der Waals surface area (Å²) < 4.78 is 86.9. The van der Waals surface area contributed by atoms with E-state index in [9.17, 15) is 31.1 Å². The molecular formula is C24H22F6N2O2. The number of fused-ring (bicyclic) bond motifs is 3. The molecule has 4 nitrogen and oxygen atoms in total. The predicted molar refractivity (Wildman–Crippen MR) is 115 cm³/mol. The molecule has 3 aromatic rings. The van der Waals surface area contributed by atoms with Gasteiger partial charge in [0.25, 0.3) is 0 Å². The number of benzene rings is 2. The minimum atomic E-state index is -5.02. The Morgan fingerprint density at radius 2 is 1.65 bits per heavy atom. The SMILES string of the molecule is CCC1OC(C)(C)Cc2c1n(C(=O)Nc1cc(C(F)(F)F)cc(C(F)(F)F)c1)c1ccccc21. The molecule has 0 saturated carbocycles. The number of rotatable bonds is 2. The summed E-state index contributed by atoms with van der Waals surface area (Å²) in [5, 5.41) is 3.03. The lowest BCUT2D eigenvalue weighted by Gasteiger charge is -2.36. The van der Waals surface area contributed by atoms with E-state index < -0.39 is 46.9 Å². The van der Waals surface area contributed by atoms with Crippen LogP contribution in [0.2, 0.25) is 0 Å². The number of carbonyl (C=O) groups excluding carboxylic acids is 1. The van der Waals surface area contributed by atoms with Crippen molar-refractivity contribution < 1.29 is 35.9 Å². The van der Waals surface area contributed by atoms with Gasteiger partial charge in [-0.15, -0.1) is 0 Å². The molecule has 0 bridgehead atoms. The van der Waals surface area contributed by atoms with Gasteiger partial charge in [-0.05, 0) is 50.1 Å². The van der Waals surface area contributed by atoms with Gasteiger partial charge >= 0.3 is 18.4 Å². The van der Waals surface area contributed by atoms with E-state index in [4.69, 9.17) is 4.74 Å². The third-order valence-electron chi connectivity index (χ3n) is 5.80. The fraction of sp³-hybridized carbons (Fsp3) is 0.375. The second-order valence-electron chi connectivity index (χ2n) is 8.89. The second kappa shape index (κ2) is 8.04. The average Bonchev–Trinajstić information content (AvgIpc) is 3.05. The van der Waals surface area contributed by atoms with Crippen LogP contribution in [-0.4, -0.2) is 16.2 Å². The van der Waals surface area contributed by atoms with E-state index in [1.165, 1.54) is 4.57 Å². The van der Waals surface area contributed by atoms with E-state index in [1.54, 1.807) is 18.2 Å². The summed E-state index contributed by atoms with van der Waals surface area (Å²) in [7, 11) is 0. The van der Waals surface area contributed by atoms with Gasteiger partial charge in [-0.2, -0.15) is 26.3 Å². The maximum absolute atomic E-state index is 13.3. The molecule has 1 aromatic heterocycles. The van der Waals surface area contributed by atoms with Gasteiger partial charge in [0, 0.05) is 17.5 Å². The van der Waals surface area contributed by atoms with Crippen LogP contribution in [0, 0.1) is 0 Å². The van der Waals surface area contributed by atoms with Gasteiger partial charge < -0.3 is 10.1 Å². The number of aromatic nitrogens is 1. The first-order valence-electron chi connectivity index (χ1n) is 10.6. The second-order valence-corrected chi connectivity index (χ2v) is 8.89. The number of anilines is 1. The third kappa shape index (κ3) is 4.38. The highest BCUT2D eigenvalue weighted by molar-refractivity contribution is 6.01. The Kier molecular flexibility index (Phi) is 5.70. The van der Waals surface area contributed by atoms with Crippen LogP contribution in [0.25, 0.3) is 10.9 Å². The molecular weight excluding hydrogens is 462 g/mol. The first kappa shape index (κ1) is 24.1. The minimum absolute atomic E-state index is 0.0195. The molecule has 2 heterocycles. The van der Waals surface area contributed by atoms with Gasteiger partial charge in [-0.25, -0.2) is 4.79 Å². The van der Waals surface area contributed by atoms with Crippen LogP contribution >= 0.6 is 0 Å². The van der Waals surface area contributed by atoms with E-state index in [2.05, 4.69) is 5.32 Å². The Balaban J connectivity index is 1.85. The number of nitrogens with zero attached hydrogens (tertiary/aromatic N) is 1. The maximum atomic E-state index is 13.3. The first-order chi connectivity index (χ1) is 15.7. The van der Waals surface area contributed by atoms with Gasteiger partial charge in [-0.1, -0.05) is 25.1 Å². The van der Waals surface area contributed by atoms with Gasteiger partial charge in [0.15, 0.2) is 0 Å². The summed E-state index contributed by atoms with van der Waals surface area (Å²) in [6, 6.07) is 7.15. The Labute approximate surface area is 191 Å². The average molecular weight is 484 g/mol. The van der Waals surface area contributed by atoms with Crippen LogP contribution in [0.4, 0.5) is 36.8 Å². The van der Waals surface area contributed by atoms with E-state index >= 15 is 0 Å². The topological polar surface area (TPSA) is 43.3 Å². The highest BCUT2D eigenvalue weighted by Gasteiger charge is 2.39. The lowest BCUT2D eigenvalue weighted by Crippen LogP contribution is -2.36. The van der Waals surface area contributed by atoms with Crippen molar-refractivity contribution in [3.8, 4) is 0 Å². The number of ether oxygens (including phenoxy) is 1. The van der Waals surface area contributed by atoms with Crippen molar-refractivity contribution in [2.24, 2.45) is 0 Å². The van der Waals surface area contributed by atoms with E-state index in [1.807, 2.05) is 26.8 Å². The molecule has 2 aromatic carbocycles. The van der Waals surface area contributed by atoms with Crippen molar-refractivity contribution in [2.45, 2.75) is 57.7 Å². The van der Waals surface area contributed by atoms with Crippen LogP contribution in [0.15, 0.2) is 42.5 Å². The van der Waals surface area contributed by atoms with Crippen molar-refractivity contribution in [1.29, 1.82) is 0 Å². The third-order valence-corrected chi connectivity index (χ3v) is 5.80. The number of hydrogen-bond acceptors (Lipinski definition) is 2. The standard InChI is InChI=1S/C24H22F6N2O2/c1-4-19-20-17(12-22(2,3)34-19)16-7-5-6-8-18(16)32(20)21(33)31-15-10-13(23(25,26)27)9-14(11-15)24(28,29)30/h5-11,19H,4,12H2,1-3H3,(H,31,33). The molecule has 1 amide bonds. The monoisotopic (exact) mass is 484 g/mol. The Bertz CT molecular complexity index is 1220. The van der Waals surface area contributed by atoms with Gasteiger partial charge in [0.2, 0.25) is 0 Å². The molecule has 1 unspecified atom stereocenters. The van der Waals surface area contributed by atoms with Crippen LogP contribution in [-0.2, 0) is 23.5 Å². The lowest BCUT2D eigenvalue weighted by atomic mass is 9.90. The molecule has 4 rings (SSSR count). The highest BCUT2D eigenvalue weighted by atomic mass is 19.4. The first-order valence-corrected chi connectivity index (χ1v) is 10.6. The molecule has 34 heavy (non-hydrogen) atoms. The molecule has 1 aliphatic heterocycles. The van der Waals surface area contributed by atoms with Crippen LogP contribution < -0.4 is 5.32 Å². The molecule has 0 saturated heterocycles. The maximum Gasteiger partial charge on any atom is 0.416 e. The largest absolute Gasteiger partial charge is 0.416 e. The molecule has 0 fully saturated rings. The quantitative estimate of drug-likeness (QED) is 0.382. The van der Waals surface area contributed by atoms with Gasteiger partial charge in [-0.3, -0.25) is 4.57 Å². The van der Waals surface area contributed by atoms with Crippen molar-refractivity contribution in [2.75, 3.05) is 5.32 Å². The number of hydrogen-bond donors (Lipinski definition) is 1. The number of alkyl halides is 6. The Morgan fingerprint density at radius 1 is 1.06 bits per heavy atom. The number of halogens is 6. The van der Waals surface area contributed by atoms with Gasteiger partial charge in [0.05, 0.1) is 34.0 Å². The normalized spacial score (nSPS) is 18.1. The molecule has 0 aliphatic carbocycles. The van der Waals surface area contributed by atoms with Crippen molar-refractivity contribution >= 4 is 22.6 Å². The lowest BCUT2D eigenvalue weighted by molar-refractivity contribution is -0.143. The zero-order chi connectivity index (χ0) is 25.1. The summed E-state index contributed by atoms with van der Waals surface area (Å²) >= 11 is 0. The summed E-state index contributed by atoms with van der Waals surface area (Å²) in [6.45, 7) is 5.72. The molecule has 1 atom stereocenters. The smallest absolute Gasteiger partial charge is 0.366 e. The summed E-state index contributed by atoms with van der Waals surface area (Å²) in [5.74, 6) is 0. The fourth-order valence-corrected chi connectivity index (χ4v) is 4.46. The summed E-state index contributed by atoms with van der Waals surface area (Å²) in [4.78, 5) is 13.3. The fourth-order valence-electron chi connectivity index (χ4n) is 4.46. The zero-order valence-electron chi connectivity index (χ0n) is 18.6. The van der Waals surface area contributed by atoms with Crippen molar-refractivity contribution in [3.63, 3.8) is 0 Å². The predicted octanol–water partition coefficient (Wildman–Crippen LogP) is 7.56. The molecule has 0 spiro atoms. The van der Waals surface area contributed by atoms with Crippen LogP contribution in [0.1, 0.15) is 55.7 Å². The van der Waals surface area contributed by atoms with E-state index in [0.29, 0.717) is 36.2 Å². The van der Waals surface area contributed by atoms with Crippen molar-refractivity contribution in [3.05, 3.63) is 64.8 Å². The number of nitrogens with one attached hydrogen (secondary N) is 1. The van der Waals surface area contributed by atoms with Crippen LogP contribution in [0.3, 0.4) is 0 Å². The zero-order valence-corrected chi connectivity index (χ0v) is 18.6. The number of carbonyl (C=O) groups is 1. The number of para-hydroxylation sites is 1. The van der Waals surface area contributed by atoms with Crippen LogP contribution in [0.5, 0.6) is 0 Å². The minimum Gasteiger partial charge on any atom is -0.366 e. The van der Waals surface area contributed by atoms with E-state index in [-0.39, 0.29) is 6.07 Å². The summed E-state index contributed by atoms with van der Waals surface area (Å²) in [6.07, 6.45) is -9.52. The number of amides is 1. The summed E-state index contributed by atoms with van der Waals surface area (Å²) in [5.41, 5.74) is -2.22. The van der Waals surface area contributed by atoms with Crippen molar-refractivity contribution in [1.82, 2.24) is 4.57 Å². The highest BCUT2D eigenvalue weighted by Crippen LogP contribution is 2.43. The molecule has 1 aliphatic rings. The van der Waals surface area contributed by atoms with E-state index in [0.717, 1.165) is 10.9 Å².